The highest BCUT2D eigenvalue weighted by atomic mass is 35.5. The lowest BCUT2D eigenvalue weighted by molar-refractivity contribution is -0.115. The Bertz CT molecular complexity index is 359. The minimum Gasteiger partial charge on any atom is -0.322 e. The summed E-state index contributed by atoms with van der Waals surface area (Å²) in [5.41, 5.74) is 1.28. The molecule has 0 atom stereocenters. The van der Waals surface area contributed by atoms with Gasteiger partial charge in [-0.05, 0) is 25.6 Å². The number of carbonyl (C=O) groups excluding carboxylic acids is 1. The molecule has 82 valence electrons. The Morgan fingerprint density at radius 1 is 1.53 bits per heavy atom. The summed E-state index contributed by atoms with van der Waals surface area (Å²) in [6.07, 6.45) is 0. The summed E-state index contributed by atoms with van der Waals surface area (Å²) in [5.74, 6) is -0.174. The summed E-state index contributed by atoms with van der Waals surface area (Å²) >= 11 is 11.5. The molecule has 6 heteroatoms. The van der Waals surface area contributed by atoms with Crippen LogP contribution in [0.2, 0.25) is 10.3 Å². The van der Waals surface area contributed by atoms with Gasteiger partial charge in [-0.1, -0.05) is 23.2 Å². The minimum absolute atomic E-state index is 0.174. The molecular weight excluding hydrogens is 237 g/mol. The summed E-state index contributed by atoms with van der Waals surface area (Å²) in [4.78, 5) is 15.2. The summed E-state index contributed by atoms with van der Waals surface area (Å²) in [6, 6.07) is 1.64. The Labute approximate surface area is 98.0 Å². The monoisotopic (exact) mass is 247 g/mol. The van der Waals surface area contributed by atoms with E-state index in [9.17, 15) is 4.79 Å². The van der Waals surface area contributed by atoms with Crippen LogP contribution in [0, 0.1) is 6.92 Å². The molecule has 0 aliphatic heterocycles. The van der Waals surface area contributed by atoms with Gasteiger partial charge in [-0.15, -0.1) is 0 Å². The zero-order valence-corrected chi connectivity index (χ0v) is 9.91. The van der Waals surface area contributed by atoms with Gasteiger partial charge in [-0.2, -0.15) is 0 Å². The van der Waals surface area contributed by atoms with Crippen molar-refractivity contribution in [3.8, 4) is 0 Å². The van der Waals surface area contributed by atoms with E-state index in [1.54, 1.807) is 20.0 Å². The summed E-state index contributed by atoms with van der Waals surface area (Å²) in [6.45, 7) is 2.02. The molecule has 0 aliphatic rings. The third-order valence-corrected chi connectivity index (χ3v) is 2.21. The van der Waals surface area contributed by atoms with E-state index < -0.39 is 0 Å². The number of nitrogens with zero attached hydrogens (tertiary/aromatic N) is 1. The molecule has 4 nitrogen and oxygen atoms in total. The molecule has 1 aromatic rings. The van der Waals surface area contributed by atoms with Gasteiger partial charge in [0.25, 0.3) is 0 Å². The number of aromatic nitrogens is 1. The standard InChI is InChI=1S/C9H11Cl2N3O/c1-5-3-6(10)13-9(11)8(5)14-7(15)4-12-2/h3,12H,4H2,1-2H3,(H,14,15). The number of rotatable bonds is 3. The van der Waals surface area contributed by atoms with E-state index in [-0.39, 0.29) is 17.6 Å². The van der Waals surface area contributed by atoms with Gasteiger partial charge < -0.3 is 10.6 Å². The van der Waals surface area contributed by atoms with Crippen LogP contribution in [0.3, 0.4) is 0 Å². The molecule has 1 amide bonds. The van der Waals surface area contributed by atoms with E-state index >= 15 is 0 Å². The van der Waals surface area contributed by atoms with Crippen LogP contribution in [-0.4, -0.2) is 24.5 Å². The number of likely N-dealkylation sites (N-methyl/N-ethyl adjacent to an activating group) is 1. The molecule has 0 aliphatic carbocycles. The van der Waals surface area contributed by atoms with Gasteiger partial charge in [0.05, 0.1) is 12.2 Å². The minimum atomic E-state index is -0.174. The Kier molecular flexibility index (Phi) is 4.32. The quantitative estimate of drug-likeness (QED) is 0.802. The number of nitrogens with one attached hydrogen (secondary N) is 2. The van der Waals surface area contributed by atoms with Gasteiger partial charge >= 0.3 is 0 Å². The van der Waals surface area contributed by atoms with Crippen LogP contribution in [0.25, 0.3) is 0 Å². The van der Waals surface area contributed by atoms with Gasteiger partial charge in [-0.25, -0.2) is 4.98 Å². The Morgan fingerprint density at radius 2 is 2.20 bits per heavy atom. The molecule has 0 spiro atoms. The molecule has 0 saturated heterocycles. The number of carbonyl (C=O) groups is 1. The van der Waals surface area contributed by atoms with Gasteiger partial charge in [0.2, 0.25) is 5.91 Å². The van der Waals surface area contributed by atoms with Gasteiger partial charge in [0.15, 0.2) is 5.15 Å². The summed E-state index contributed by atoms with van der Waals surface area (Å²) < 4.78 is 0. The van der Waals surface area contributed by atoms with Crippen molar-refractivity contribution in [1.82, 2.24) is 10.3 Å². The molecule has 0 radical (unpaired) electrons. The van der Waals surface area contributed by atoms with E-state index in [1.807, 2.05) is 0 Å². The highest BCUT2D eigenvalue weighted by Crippen LogP contribution is 2.26. The predicted octanol–water partition coefficient (Wildman–Crippen LogP) is 1.85. The van der Waals surface area contributed by atoms with Crippen molar-refractivity contribution in [3.63, 3.8) is 0 Å². The summed E-state index contributed by atoms with van der Waals surface area (Å²) in [7, 11) is 1.69. The molecular formula is C9H11Cl2N3O. The van der Waals surface area contributed by atoms with Crippen LogP contribution >= 0.6 is 23.2 Å². The first-order chi connectivity index (χ1) is 7.04. The Balaban J connectivity index is 2.90. The molecule has 0 bridgehead atoms. The number of aryl methyl sites for hydroxylation is 1. The second kappa shape index (κ2) is 5.30. The van der Waals surface area contributed by atoms with Crippen molar-refractivity contribution in [2.75, 3.05) is 18.9 Å². The zero-order chi connectivity index (χ0) is 11.4. The predicted molar refractivity (Wildman–Crippen MR) is 61.6 cm³/mol. The summed E-state index contributed by atoms with van der Waals surface area (Å²) in [5, 5.41) is 5.90. The fourth-order valence-corrected chi connectivity index (χ4v) is 1.67. The average Bonchev–Trinajstić information content (AvgIpc) is 2.11. The van der Waals surface area contributed by atoms with Crippen LogP contribution in [-0.2, 0) is 4.79 Å². The zero-order valence-electron chi connectivity index (χ0n) is 8.40. The second-order valence-electron chi connectivity index (χ2n) is 3.01. The van der Waals surface area contributed by atoms with Crippen LogP contribution < -0.4 is 10.6 Å². The lowest BCUT2D eigenvalue weighted by Gasteiger charge is -2.09. The molecule has 0 fully saturated rings. The molecule has 2 N–H and O–H groups in total. The molecule has 15 heavy (non-hydrogen) atoms. The average molecular weight is 248 g/mol. The Morgan fingerprint density at radius 3 is 2.73 bits per heavy atom. The van der Waals surface area contributed by atoms with Gasteiger partial charge in [0.1, 0.15) is 5.15 Å². The highest BCUT2D eigenvalue weighted by Gasteiger charge is 2.10. The molecule has 0 saturated carbocycles. The van der Waals surface area contributed by atoms with Gasteiger partial charge in [0, 0.05) is 0 Å². The normalized spacial score (nSPS) is 10.1. The van der Waals surface area contributed by atoms with Crippen molar-refractivity contribution in [2.24, 2.45) is 0 Å². The maximum atomic E-state index is 11.3. The SMILES string of the molecule is CNCC(=O)Nc1c(C)cc(Cl)nc1Cl. The van der Waals surface area contributed by atoms with Crippen LogP contribution in [0.5, 0.6) is 0 Å². The molecule has 0 unspecified atom stereocenters. The van der Waals surface area contributed by atoms with Crippen molar-refractivity contribution >= 4 is 34.8 Å². The number of amides is 1. The van der Waals surface area contributed by atoms with Crippen LogP contribution in [0.4, 0.5) is 5.69 Å². The first-order valence-corrected chi connectivity index (χ1v) is 5.07. The first kappa shape index (κ1) is 12.2. The Hall–Kier alpha value is -0.840. The van der Waals surface area contributed by atoms with Crippen molar-refractivity contribution in [3.05, 3.63) is 21.9 Å². The number of hydrogen-bond donors (Lipinski definition) is 2. The maximum Gasteiger partial charge on any atom is 0.238 e. The number of anilines is 1. The van der Waals surface area contributed by atoms with Crippen molar-refractivity contribution in [1.29, 1.82) is 0 Å². The highest BCUT2D eigenvalue weighted by molar-refractivity contribution is 6.34. The lowest BCUT2D eigenvalue weighted by Crippen LogP contribution is -2.25. The van der Waals surface area contributed by atoms with E-state index in [2.05, 4.69) is 15.6 Å². The number of hydrogen-bond acceptors (Lipinski definition) is 3. The third kappa shape index (κ3) is 3.34. The largest absolute Gasteiger partial charge is 0.322 e. The topological polar surface area (TPSA) is 54.0 Å². The smallest absolute Gasteiger partial charge is 0.238 e. The van der Waals surface area contributed by atoms with Crippen LogP contribution in [0.15, 0.2) is 6.07 Å². The number of pyridine rings is 1. The van der Waals surface area contributed by atoms with E-state index in [0.29, 0.717) is 10.8 Å². The lowest BCUT2D eigenvalue weighted by atomic mass is 10.2. The fourth-order valence-electron chi connectivity index (χ4n) is 1.09. The van der Waals surface area contributed by atoms with E-state index in [0.717, 1.165) is 5.56 Å². The van der Waals surface area contributed by atoms with Gasteiger partial charge in [-0.3, -0.25) is 4.79 Å². The van der Waals surface area contributed by atoms with E-state index in [1.165, 1.54) is 0 Å². The van der Waals surface area contributed by atoms with Crippen LogP contribution in [0.1, 0.15) is 5.56 Å². The second-order valence-corrected chi connectivity index (χ2v) is 3.75. The molecule has 1 aromatic heterocycles. The maximum absolute atomic E-state index is 11.3. The molecule has 1 rings (SSSR count). The van der Waals surface area contributed by atoms with Crippen molar-refractivity contribution < 1.29 is 4.79 Å². The number of halogens is 2. The third-order valence-electron chi connectivity index (χ3n) is 1.74. The first-order valence-electron chi connectivity index (χ1n) is 4.31. The molecule has 1 heterocycles. The van der Waals surface area contributed by atoms with Crippen molar-refractivity contribution in [2.45, 2.75) is 6.92 Å². The van der Waals surface area contributed by atoms with E-state index in [4.69, 9.17) is 23.2 Å². The fraction of sp³-hybridized carbons (Fsp3) is 0.333. The molecule has 0 aromatic carbocycles.